The van der Waals surface area contributed by atoms with Crippen molar-refractivity contribution in [1.82, 2.24) is 0 Å². The van der Waals surface area contributed by atoms with Crippen molar-refractivity contribution in [2.45, 2.75) is 13.3 Å². The zero-order chi connectivity index (χ0) is 11.1. The summed E-state index contributed by atoms with van der Waals surface area (Å²) in [6.07, 6.45) is 1.48. The number of hydrogen-bond donors (Lipinski definition) is 0. The molecule has 1 heterocycles. The highest BCUT2D eigenvalue weighted by atomic mass is 32.2. The molecule has 78 valence electrons. The van der Waals surface area contributed by atoms with Crippen LogP contribution >= 0.6 is 23.1 Å². The second-order valence-corrected chi connectivity index (χ2v) is 4.93. The first-order valence-electron chi connectivity index (χ1n) is 4.39. The van der Waals surface area contributed by atoms with E-state index in [1.165, 1.54) is 23.1 Å². The zero-order valence-electron chi connectivity index (χ0n) is 8.28. The van der Waals surface area contributed by atoms with E-state index in [0.29, 0.717) is 17.1 Å². The summed E-state index contributed by atoms with van der Waals surface area (Å²) in [6.45, 7) is 1.54. The number of hydrogen-bond acceptors (Lipinski definition) is 4. The molecule has 0 radical (unpaired) electrons. The maximum Gasteiger partial charge on any atom is 0.185 e. The molecule has 15 heavy (non-hydrogen) atoms. The lowest BCUT2D eigenvalue weighted by atomic mass is 10.2. The molecule has 0 N–H and O–H groups in total. The summed E-state index contributed by atoms with van der Waals surface area (Å²) in [5.74, 6) is 6.58. The van der Waals surface area contributed by atoms with Gasteiger partial charge in [0.15, 0.2) is 11.4 Å². The van der Waals surface area contributed by atoms with Gasteiger partial charge in [0.1, 0.15) is 0 Å². The van der Waals surface area contributed by atoms with Gasteiger partial charge >= 0.3 is 0 Å². The van der Waals surface area contributed by atoms with Crippen LogP contribution in [0.1, 0.15) is 28.6 Å². The Hall–Kier alpha value is -1.05. The quantitative estimate of drug-likeness (QED) is 0.461. The second-order valence-electron chi connectivity index (χ2n) is 2.71. The molecule has 1 rings (SSSR count). The number of thiophene rings is 1. The van der Waals surface area contributed by atoms with Crippen LogP contribution in [-0.4, -0.2) is 17.2 Å². The Morgan fingerprint density at radius 2 is 2.47 bits per heavy atom. The smallest absolute Gasteiger partial charge is 0.185 e. The standard InChI is InChI=1S/C11H10O2S2/c1-9(13)14-6-3-2-4-10-5-7-15-11(10)8-12/h5,7-8H,3,6H2,1H3. The maximum absolute atomic E-state index is 10.6. The number of thioether (sulfide) groups is 1. The van der Waals surface area contributed by atoms with Crippen LogP contribution in [0.4, 0.5) is 0 Å². The summed E-state index contributed by atoms with van der Waals surface area (Å²) in [4.78, 5) is 21.8. The topological polar surface area (TPSA) is 34.1 Å². The van der Waals surface area contributed by atoms with Gasteiger partial charge in [-0.15, -0.1) is 11.3 Å². The first-order chi connectivity index (χ1) is 7.24. The summed E-state index contributed by atoms with van der Waals surface area (Å²) in [6, 6.07) is 1.83. The molecule has 0 aromatic carbocycles. The van der Waals surface area contributed by atoms with Gasteiger partial charge in [-0.2, -0.15) is 0 Å². The van der Waals surface area contributed by atoms with Crippen LogP contribution in [0.5, 0.6) is 0 Å². The fourth-order valence-electron chi connectivity index (χ4n) is 0.919. The lowest BCUT2D eigenvalue weighted by molar-refractivity contribution is -0.109. The van der Waals surface area contributed by atoms with Crippen LogP contribution in [0.25, 0.3) is 0 Å². The minimum Gasteiger partial charge on any atom is -0.297 e. The molecule has 1 aromatic heterocycles. The van der Waals surface area contributed by atoms with Crippen LogP contribution < -0.4 is 0 Å². The van der Waals surface area contributed by atoms with Gasteiger partial charge in [-0.05, 0) is 11.4 Å². The molecular weight excluding hydrogens is 228 g/mol. The molecule has 0 saturated heterocycles. The predicted molar refractivity (Wildman–Crippen MR) is 64.3 cm³/mol. The van der Waals surface area contributed by atoms with Crippen LogP contribution in [0, 0.1) is 11.8 Å². The van der Waals surface area contributed by atoms with E-state index in [9.17, 15) is 9.59 Å². The van der Waals surface area contributed by atoms with Crippen LogP contribution in [0.15, 0.2) is 11.4 Å². The largest absolute Gasteiger partial charge is 0.297 e. The maximum atomic E-state index is 10.6. The van der Waals surface area contributed by atoms with E-state index >= 15 is 0 Å². The van der Waals surface area contributed by atoms with Gasteiger partial charge in [-0.3, -0.25) is 9.59 Å². The molecule has 1 aromatic rings. The average molecular weight is 238 g/mol. The van der Waals surface area contributed by atoms with Crippen LogP contribution in [0.3, 0.4) is 0 Å². The third-order valence-corrected chi connectivity index (χ3v) is 3.21. The van der Waals surface area contributed by atoms with Gasteiger partial charge < -0.3 is 0 Å². The number of carbonyl (C=O) groups excluding carboxylic acids is 2. The van der Waals surface area contributed by atoms with Crippen LogP contribution in [0.2, 0.25) is 0 Å². The third-order valence-electron chi connectivity index (χ3n) is 1.56. The monoisotopic (exact) mass is 238 g/mol. The van der Waals surface area contributed by atoms with Gasteiger partial charge in [-0.25, -0.2) is 0 Å². The van der Waals surface area contributed by atoms with Gasteiger partial charge in [-0.1, -0.05) is 23.6 Å². The van der Waals surface area contributed by atoms with Crippen molar-refractivity contribution in [1.29, 1.82) is 0 Å². The molecule has 0 atom stereocenters. The molecule has 0 aliphatic rings. The summed E-state index contributed by atoms with van der Waals surface area (Å²) >= 11 is 2.66. The highest BCUT2D eigenvalue weighted by molar-refractivity contribution is 8.13. The molecule has 0 saturated carbocycles. The van der Waals surface area contributed by atoms with E-state index in [1.54, 1.807) is 6.92 Å². The Bertz CT molecular complexity index is 410. The summed E-state index contributed by atoms with van der Waals surface area (Å²) in [5, 5.41) is 1.96. The Morgan fingerprint density at radius 3 is 3.13 bits per heavy atom. The molecule has 2 nitrogen and oxygen atoms in total. The zero-order valence-corrected chi connectivity index (χ0v) is 9.91. The van der Waals surface area contributed by atoms with Crippen molar-refractivity contribution < 1.29 is 9.59 Å². The SMILES string of the molecule is CC(=O)SCCC#Cc1ccsc1C=O. The average Bonchev–Trinajstić information content (AvgIpc) is 2.64. The minimum absolute atomic E-state index is 0.112. The van der Waals surface area contributed by atoms with Crippen LogP contribution in [-0.2, 0) is 4.79 Å². The number of rotatable bonds is 3. The summed E-state index contributed by atoms with van der Waals surface area (Å²) < 4.78 is 0. The molecule has 0 fully saturated rings. The van der Waals surface area contributed by atoms with Crippen molar-refractivity contribution in [2.24, 2.45) is 0 Å². The fraction of sp³-hybridized carbons (Fsp3) is 0.273. The van der Waals surface area contributed by atoms with Crippen molar-refractivity contribution in [3.8, 4) is 11.8 Å². The molecule has 0 amide bonds. The molecule has 0 unspecified atom stereocenters. The van der Waals surface area contributed by atoms with Crippen molar-refractivity contribution in [3.05, 3.63) is 21.9 Å². The highest BCUT2D eigenvalue weighted by Gasteiger charge is 1.98. The Balaban J connectivity index is 2.44. The Morgan fingerprint density at radius 1 is 1.67 bits per heavy atom. The number of carbonyl (C=O) groups is 2. The molecule has 0 aliphatic heterocycles. The molecular formula is C11H10O2S2. The Labute approximate surface area is 97.1 Å². The van der Waals surface area contributed by atoms with E-state index in [-0.39, 0.29) is 5.12 Å². The first-order valence-corrected chi connectivity index (χ1v) is 6.25. The van der Waals surface area contributed by atoms with Crippen molar-refractivity contribution in [3.63, 3.8) is 0 Å². The fourth-order valence-corrected chi connectivity index (χ4v) is 2.06. The van der Waals surface area contributed by atoms with E-state index < -0.39 is 0 Å². The van der Waals surface area contributed by atoms with E-state index in [1.807, 2.05) is 11.4 Å². The molecule has 4 heteroatoms. The molecule has 0 bridgehead atoms. The van der Waals surface area contributed by atoms with Crippen molar-refractivity contribution >= 4 is 34.5 Å². The van der Waals surface area contributed by atoms with E-state index in [4.69, 9.17) is 0 Å². The highest BCUT2D eigenvalue weighted by Crippen LogP contribution is 2.12. The first kappa shape index (κ1) is 12.0. The second kappa shape index (κ2) is 6.44. The summed E-state index contributed by atoms with van der Waals surface area (Å²) in [7, 11) is 0. The van der Waals surface area contributed by atoms with Gasteiger partial charge in [0, 0.05) is 24.7 Å². The minimum atomic E-state index is 0.112. The predicted octanol–water partition coefficient (Wildman–Crippen LogP) is 2.58. The third kappa shape index (κ3) is 4.32. The van der Waals surface area contributed by atoms with Gasteiger partial charge in [0.2, 0.25) is 0 Å². The summed E-state index contributed by atoms with van der Waals surface area (Å²) in [5.41, 5.74) is 0.780. The van der Waals surface area contributed by atoms with Crippen molar-refractivity contribution in [2.75, 3.05) is 5.75 Å². The molecule has 0 aliphatic carbocycles. The van der Waals surface area contributed by atoms with E-state index in [2.05, 4.69) is 11.8 Å². The van der Waals surface area contributed by atoms with Gasteiger partial charge in [0.05, 0.1) is 4.88 Å². The lowest BCUT2D eigenvalue weighted by Gasteiger charge is -1.88. The Kier molecular flexibility index (Phi) is 5.16. The number of aldehydes is 1. The van der Waals surface area contributed by atoms with Gasteiger partial charge in [0.25, 0.3) is 0 Å². The lowest BCUT2D eigenvalue weighted by Crippen LogP contribution is -1.84. The normalized spacial score (nSPS) is 9.13. The molecule has 0 spiro atoms. The van der Waals surface area contributed by atoms with E-state index in [0.717, 1.165) is 11.8 Å².